The van der Waals surface area contributed by atoms with Gasteiger partial charge >= 0.3 is 5.97 Å². The SMILES string of the molecule is Cn1nccc1CCNS(=O)(=O)N1CCCC(C(=O)O)C1. The number of carboxylic acid groups (broad SMARTS) is 1. The van der Waals surface area contributed by atoms with Crippen LogP contribution in [0.5, 0.6) is 0 Å². The number of piperidine rings is 1. The van der Waals surface area contributed by atoms with Crippen molar-refractivity contribution < 1.29 is 18.3 Å². The molecule has 21 heavy (non-hydrogen) atoms. The first-order valence-electron chi connectivity index (χ1n) is 6.84. The van der Waals surface area contributed by atoms with E-state index in [2.05, 4.69) is 9.82 Å². The summed E-state index contributed by atoms with van der Waals surface area (Å²) >= 11 is 0. The van der Waals surface area contributed by atoms with Crippen LogP contribution in [-0.2, 0) is 28.5 Å². The lowest BCUT2D eigenvalue weighted by Gasteiger charge is -2.29. The number of aliphatic carboxylic acids is 1. The summed E-state index contributed by atoms with van der Waals surface area (Å²) in [6.45, 7) is 0.664. The van der Waals surface area contributed by atoms with Crippen LogP contribution in [-0.4, -0.2) is 53.2 Å². The van der Waals surface area contributed by atoms with Crippen molar-refractivity contribution in [3.05, 3.63) is 18.0 Å². The minimum Gasteiger partial charge on any atom is -0.481 e. The maximum atomic E-state index is 12.2. The van der Waals surface area contributed by atoms with Gasteiger partial charge in [0.2, 0.25) is 0 Å². The van der Waals surface area contributed by atoms with E-state index in [1.54, 1.807) is 17.9 Å². The third-order valence-electron chi connectivity index (χ3n) is 3.66. The van der Waals surface area contributed by atoms with Crippen molar-refractivity contribution in [2.75, 3.05) is 19.6 Å². The zero-order chi connectivity index (χ0) is 15.5. The van der Waals surface area contributed by atoms with Crippen molar-refractivity contribution in [1.29, 1.82) is 0 Å². The zero-order valence-electron chi connectivity index (χ0n) is 11.9. The van der Waals surface area contributed by atoms with Gasteiger partial charge in [-0.1, -0.05) is 0 Å². The van der Waals surface area contributed by atoms with E-state index in [0.717, 1.165) is 5.69 Å². The Morgan fingerprint density at radius 1 is 1.57 bits per heavy atom. The smallest absolute Gasteiger partial charge is 0.307 e. The Balaban J connectivity index is 1.89. The fourth-order valence-electron chi connectivity index (χ4n) is 2.41. The molecule has 0 saturated carbocycles. The van der Waals surface area contributed by atoms with Gasteiger partial charge in [-0.25, -0.2) is 4.72 Å². The number of carboxylic acids is 1. The molecule has 2 heterocycles. The van der Waals surface area contributed by atoms with E-state index in [1.165, 1.54) is 4.31 Å². The van der Waals surface area contributed by atoms with Crippen molar-refractivity contribution in [3.8, 4) is 0 Å². The Morgan fingerprint density at radius 2 is 2.33 bits per heavy atom. The van der Waals surface area contributed by atoms with Gasteiger partial charge in [-0.15, -0.1) is 0 Å². The van der Waals surface area contributed by atoms with Gasteiger partial charge in [0, 0.05) is 45.0 Å². The Labute approximate surface area is 123 Å². The highest BCUT2D eigenvalue weighted by Crippen LogP contribution is 2.18. The molecule has 1 unspecified atom stereocenters. The number of nitrogens with zero attached hydrogens (tertiary/aromatic N) is 3. The first-order chi connectivity index (χ1) is 9.90. The molecule has 1 fully saturated rings. The maximum absolute atomic E-state index is 12.2. The molecule has 1 aromatic rings. The Morgan fingerprint density at radius 3 is 2.95 bits per heavy atom. The number of hydrogen-bond acceptors (Lipinski definition) is 4. The molecule has 118 valence electrons. The Hall–Kier alpha value is -1.45. The molecule has 0 aliphatic carbocycles. The highest BCUT2D eigenvalue weighted by molar-refractivity contribution is 7.87. The molecule has 0 radical (unpaired) electrons. The minimum atomic E-state index is -3.63. The molecule has 1 atom stereocenters. The van der Waals surface area contributed by atoms with E-state index < -0.39 is 22.1 Å². The molecule has 1 aliphatic rings. The molecule has 1 aliphatic heterocycles. The van der Waals surface area contributed by atoms with Gasteiger partial charge < -0.3 is 5.11 Å². The standard InChI is InChI=1S/C12H20N4O4S/c1-15-11(4-6-13-15)5-7-14-21(19,20)16-8-2-3-10(9-16)12(17)18/h4,6,10,14H,2-3,5,7-9H2,1H3,(H,17,18). The summed E-state index contributed by atoms with van der Waals surface area (Å²) in [7, 11) is -1.83. The molecule has 0 aromatic carbocycles. The van der Waals surface area contributed by atoms with Crippen LogP contribution in [0.4, 0.5) is 0 Å². The Bertz CT molecular complexity index is 598. The topological polar surface area (TPSA) is 105 Å². The van der Waals surface area contributed by atoms with Crippen molar-refractivity contribution in [2.45, 2.75) is 19.3 Å². The third kappa shape index (κ3) is 4.02. The van der Waals surface area contributed by atoms with Crippen LogP contribution < -0.4 is 4.72 Å². The molecule has 8 nitrogen and oxygen atoms in total. The van der Waals surface area contributed by atoms with E-state index in [4.69, 9.17) is 5.11 Å². The van der Waals surface area contributed by atoms with Gasteiger partial charge in [-0.3, -0.25) is 9.48 Å². The van der Waals surface area contributed by atoms with Gasteiger partial charge in [0.1, 0.15) is 0 Å². The highest BCUT2D eigenvalue weighted by atomic mass is 32.2. The highest BCUT2D eigenvalue weighted by Gasteiger charge is 2.31. The van der Waals surface area contributed by atoms with Gasteiger partial charge in [0.05, 0.1) is 5.92 Å². The number of nitrogens with one attached hydrogen (secondary N) is 1. The van der Waals surface area contributed by atoms with Crippen LogP contribution in [0.3, 0.4) is 0 Å². The fraction of sp³-hybridized carbons (Fsp3) is 0.667. The predicted octanol–water partition coefficient (Wildman–Crippen LogP) is -0.406. The second kappa shape index (κ2) is 6.54. The van der Waals surface area contributed by atoms with Crippen molar-refractivity contribution in [3.63, 3.8) is 0 Å². The van der Waals surface area contributed by atoms with Crippen LogP contribution in [0.15, 0.2) is 12.3 Å². The molecular formula is C12H20N4O4S. The molecule has 0 amide bonds. The normalized spacial score (nSPS) is 20.5. The van der Waals surface area contributed by atoms with Crippen LogP contribution in [0.2, 0.25) is 0 Å². The third-order valence-corrected chi connectivity index (χ3v) is 5.24. The van der Waals surface area contributed by atoms with Gasteiger partial charge in [0.25, 0.3) is 10.2 Å². The van der Waals surface area contributed by atoms with Gasteiger partial charge in [0.15, 0.2) is 0 Å². The average molecular weight is 316 g/mol. The van der Waals surface area contributed by atoms with Gasteiger partial charge in [-0.2, -0.15) is 17.8 Å². The molecule has 2 rings (SSSR count). The monoisotopic (exact) mass is 316 g/mol. The fourth-order valence-corrected chi connectivity index (χ4v) is 3.70. The molecule has 1 aromatic heterocycles. The summed E-state index contributed by atoms with van der Waals surface area (Å²) in [5.41, 5.74) is 0.930. The largest absolute Gasteiger partial charge is 0.481 e. The van der Waals surface area contributed by atoms with Crippen molar-refractivity contribution in [1.82, 2.24) is 18.8 Å². The maximum Gasteiger partial charge on any atom is 0.307 e. The Kier molecular flexibility index (Phi) is 4.96. The minimum absolute atomic E-state index is 0.0381. The van der Waals surface area contributed by atoms with Crippen LogP contribution in [0.25, 0.3) is 0 Å². The number of aromatic nitrogens is 2. The summed E-state index contributed by atoms with van der Waals surface area (Å²) in [6, 6.07) is 1.83. The van der Waals surface area contributed by atoms with Crippen LogP contribution in [0.1, 0.15) is 18.5 Å². The van der Waals surface area contributed by atoms with Gasteiger partial charge in [-0.05, 0) is 18.9 Å². The number of rotatable bonds is 6. The molecule has 2 N–H and O–H groups in total. The molecule has 1 saturated heterocycles. The van der Waals surface area contributed by atoms with E-state index in [0.29, 0.717) is 25.8 Å². The van der Waals surface area contributed by atoms with E-state index in [-0.39, 0.29) is 13.1 Å². The number of hydrogen-bond donors (Lipinski definition) is 2. The van der Waals surface area contributed by atoms with E-state index >= 15 is 0 Å². The van der Waals surface area contributed by atoms with Crippen LogP contribution in [0, 0.1) is 5.92 Å². The lowest BCUT2D eigenvalue weighted by atomic mass is 10.0. The summed E-state index contributed by atoms with van der Waals surface area (Å²) in [5, 5.41) is 13.0. The van der Waals surface area contributed by atoms with Crippen molar-refractivity contribution in [2.24, 2.45) is 13.0 Å². The lowest BCUT2D eigenvalue weighted by molar-refractivity contribution is -0.142. The zero-order valence-corrected chi connectivity index (χ0v) is 12.7. The second-order valence-corrected chi connectivity index (χ2v) is 6.89. The average Bonchev–Trinajstić information content (AvgIpc) is 2.84. The molecular weight excluding hydrogens is 296 g/mol. The molecule has 9 heteroatoms. The molecule has 0 spiro atoms. The first-order valence-corrected chi connectivity index (χ1v) is 8.28. The summed E-state index contributed by atoms with van der Waals surface area (Å²) in [4.78, 5) is 11.0. The van der Waals surface area contributed by atoms with Crippen LogP contribution >= 0.6 is 0 Å². The number of aryl methyl sites for hydroxylation is 1. The van der Waals surface area contributed by atoms with E-state index in [1.807, 2.05) is 6.07 Å². The number of carbonyl (C=O) groups is 1. The summed E-state index contributed by atoms with van der Waals surface area (Å²) < 4.78 is 29.8. The quantitative estimate of drug-likeness (QED) is 0.742. The van der Waals surface area contributed by atoms with E-state index in [9.17, 15) is 13.2 Å². The first kappa shape index (κ1) is 15.9. The predicted molar refractivity (Wildman–Crippen MR) is 75.8 cm³/mol. The summed E-state index contributed by atoms with van der Waals surface area (Å²) in [6.07, 6.45) is 3.29. The molecule has 0 bridgehead atoms. The summed E-state index contributed by atoms with van der Waals surface area (Å²) in [5.74, 6) is -1.56. The second-order valence-electron chi connectivity index (χ2n) is 5.13. The van der Waals surface area contributed by atoms with Crippen molar-refractivity contribution >= 4 is 16.2 Å². The lowest BCUT2D eigenvalue weighted by Crippen LogP contribution is -2.47.